The first-order valence-electron chi connectivity index (χ1n) is 8.97. The van der Waals surface area contributed by atoms with Crippen LogP contribution in [0.2, 0.25) is 0 Å². The highest BCUT2D eigenvalue weighted by molar-refractivity contribution is 5.64. The van der Waals surface area contributed by atoms with Crippen LogP contribution in [-0.4, -0.2) is 16.6 Å². The molecule has 1 aromatic heterocycles. The number of rotatable bonds is 8. The Morgan fingerprint density at radius 1 is 0.720 bits per heavy atom. The largest absolute Gasteiger partial charge is 0.494 e. The van der Waals surface area contributed by atoms with Crippen molar-refractivity contribution in [2.24, 2.45) is 0 Å². The molecule has 0 saturated carbocycles. The monoisotopic (exact) mass is 332 g/mol. The highest BCUT2D eigenvalue weighted by Gasteiger charge is 2.03. The lowest BCUT2D eigenvalue weighted by atomic mass is 10.1. The molecule has 0 N–H and O–H groups in total. The van der Waals surface area contributed by atoms with Crippen LogP contribution in [0.4, 0.5) is 0 Å². The summed E-state index contributed by atoms with van der Waals surface area (Å²) < 4.78 is 5.79. The summed E-state index contributed by atoms with van der Waals surface area (Å²) >= 11 is 0. The second kappa shape index (κ2) is 8.97. The van der Waals surface area contributed by atoms with Gasteiger partial charge in [0.05, 0.1) is 6.61 Å². The van der Waals surface area contributed by atoms with Gasteiger partial charge in [0.15, 0.2) is 5.82 Å². The van der Waals surface area contributed by atoms with E-state index in [1.54, 1.807) is 0 Å². The molecule has 0 atom stereocenters. The average molecular weight is 332 g/mol. The van der Waals surface area contributed by atoms with E-state index < -0.39 is 0 Å². The third kappa shape index (κ3) is 4.90. The Labute approximate surface area is 149 Å². The standard InChI is InChI=1S/C22H24N2O/c1-2-3-4-8-15-25-21-13-11-18(12-14-21)20-16-23-22(24-17-20)19-9-6-5-7-10-19/h5-7,9-14,16-17H,2-4,8,15H2,1H3. The molecule has 0 spiro atoms. The molecule has 128 valence electrons. The smallest absolute Gasteiger partial charge is 0.159 e. The van der Waals surface area contributed by atoms with E-state index in [0.717, 1.165) is 41.3 Å². The van der Waals surface area contributed by atoms with Crippen LogP contribution >= 0.6 is 0 Å². The van der Waals surface area contributed by atoms with Gasteiger partial charge < -0.3 is 4.74 Å². The van der Waals surface area contributed by atoms with E-state index in [1.165, 1.54) is 19.3 Å². The highest BCUT2D eigenvalue weighted by Crippen LogP contribution is 2.23. The maximum absolute atomic E-state index is 5.79. The Kier molecular flexibility index (Phi) is 6.16. The van der Waals surface area contributed by atoms with Crippen LogP contribution in [0.1, 0.15) is 32.6 Å². The Bertz CT molecular complexity index is 752. The van der Waals surface area contributed by atoms with Crippen LogP contribution in [0.25, 0.3) is 22.5 Å². The molecule has 0 amide bonds. The van der Waals surface area contributed by atoms with E-state index in [2.05, 4.69) is 29.0 Å². The Hall–Kier alpha value is -2.68. The van der Waals surface area contributed by atoms with E-state index in [1.807, 2.05) is 54.9 Å². The number of nitrogens with zero attached hydrogens (tertiary/aromatic N) is 2. The second-order valence-electron chi connectivity index (χ2n) is 6.09. The van der Waals surface area contributed by atoms with Crippen molar-refractivity contribution in [3.05, 3.63) is 67.0 Å². The maximum Gasteiger partial charge on any atom is 0.159 e. The summed E-state index contributed by atoms with van der Waals surface area (Å²) in [7, 11) is 0. The Morgan fingerprint density at radius 2 is 1.44 bits per heavy atom. The van der Waals surface area contributed by atoms with E-state index in [0.29, 0.717) is 0 Å². The molecule has 3 heteroatoms. The minimum absolute atomic E-state index is 0.747. The summed E-state index contributed by atoms with van der Waals surface area (Å²) in [6.07, 6.45) is 8.62. The van der Waals surface area contributed by atoms with Crippen molar-refractivity contribution in [3.63, 3.8) is 0 Å². The molecule has 0 bridgehead atoms. The van der Waals surface area contributed by atoms with Crippen LogP contribution < -0.4 is 4.74 Å². The number of aromatic nitrogens is 2. The van der Waals surface area contributed by atoms with Crippen molar-refractivity contribution in [1.29, 1.82) is 0 Å². The van der Waals surface area contributed by atoms with Crippen molar-refractivity contribution < 1.29 is 4.74 Å². The fourth-order valence-corrected chi connectivity index (χ4v) is 2.68. The van der Waals surface area contributed by atoms with Crippen LogP contribution in [0.15, 0.2) is 67.0 Å². The topological polar surface area (TPSA) is 35.0 Å². The molecule has 0 aliphatic heterocycles. The second-order valence-corrected chi connectivity index (χ2v) is 6.09. The number of ether oxygens (including phenoxy) is 1. The number of unbranched alkanes of at least 4 members (excludes halogenated alkanes) is 3. The number of hydrogen-bond acceptors (Lipinski definition) is 3. The zero-order valence-electron chi connectivity index (χ0n) is 14.7. The first-order valence-corrected chi connectivity index (χ1v) is 8.97. The molecule has 3 nitrogen and oxygen atoms in total. The van der Waals surface area contributed by atoms with Gasteiger partial charge in [-0.05, 0) is 24.1 Å². The lowest BCUT2D eigenvalue weighted by Gasteiger charge is -2.07. The first-order chi connectivity index (χ1) is 12.4. The van der Waals surface area contributed by atoms with Gasteiger partial charge in [-0.1, -0.05) is 68.7 Å². The molecule has 2 aromatic carbocycles. The van der Waals surface area contributed by atoms with Crippen molar-refractivity contribution in [3.8, 4) is 28.3 Å². The molecule has 0 unspecified atom stereocenters. The number of benzene rings is 2. The summed E-state index contributed by atoms with van der Waals surface area (Å²) in [5, 5.41) is 0. The third-order valence-corrected chi connectivity index (χ3v) is 4.14. The van der Waals surface area contributed by atoms with Crippen molar-refractivity contribution in [2.45, 2.75) is 32.6 Å². The van der Waals surface area contributed by atoms with Gasteiger partial charge in [-0.3, -0.25) is 0 Å². The van der Waals surface area contributed by atoms with Gasteiger partial charge in [0.25, 0.3) is 0 Å². The Morgan fingerprint density at radius 3 is 2.12 bits per heavy atom. The molecule has 25 heavy (non-hydrogen) atoms. The molecule has 0 aliphatic carbocycles. The molecule has 3 rings (SSSR count). The summed E-state index contributed by atoms with van der Waals surface area (Å²) in [5.74, 6) is 1.67. The van der Waals surface area contributed by atoms with Crippen LogP contribution in [-0.2, 0) is 0 Å². The van der Waals surface area contributed by atoms with Gasteiger partial charge in [0, 0.05) is 23.5 Å². The molecule has 3 aromatic rings. The summed E-state index contributed by atoms with van der Waals surface area (Å²) in [6, 6.07) is 18.2. The predicted octanol–water partition coefficient (Wildman–Crippen LogP) is 5.77. The first kappa shape index (κ1) is 17.2. The highest BCUT2D eigenvalue weighted by atomic mass is 16.5. The Balaban J connectivity index is 1.60. The van der Waals surface area contributed by atoms with Crippen molar-refractivity contribution in [2.75, 3.05) is 6.61 Å². The van der Waals surface area contributed by atoms with Gasteiger partial charge in [-0.25, -0.2) is 9.97 Å². The van der Waals surface area contributed by atoms with Crippen LogP contribution in [0.3, 0.4) is 0 Å². The lowest BCUT2D eigenvalue weighted by molar-refractivity contribution is 0.305. The van der Waals surface area contributed by atoms with Crippen LogP contribution in [0, 0.1) is 0 Å². The fraction of sp³-hybridized carbons (Fsp3) is 0.273. The van der Waals surface area contributed by atoms with E-state index in [4.69, 9.17) is 4.74 Å². The summed E-state index contributed by atoms with van der Waals surface area (Å²) in [4.78, 5) is 8.97. The zero-order valence-corrected chi connectivity index (χ0v) is 14.7. The van der Waals surface area contributed by atoms with E-state index in [-0.39, 0.29) is 0 Å². The minimum Gasteiger partial charge on any atom is -0.494 e. The number of hydrogen-bond donors (Lipinski definition) is 0. The van der Waals surface area contributed by atoms with Gasteiger partial charge in [-0.15, -0.1) is 0 Å². The molecular formula is C22H24N2O. The lowest BCUT2D eigenvalue weighted by Crippen LogP contribution is -1.97. The van der Waals surface area contributed by atoms with Gasteiger partial charge in [-0.2, -0.15) is 0 Å². The molecule has 0 fully saturated rings. The summed E-state index contributed by atoms with van der Waals surface area (Å²) in [5.41, 5.74) is 3.13. The van der Waals surface area contributed by atoms with E-state index in [9.17, 15) is 0 Å². The fourth-order valence-electron chi connectivity index (χ4n) is 2.68. The van der Waals surface area contributed by atoms with Gasteiger partial charge >= 0.3 is 0 Å². The van der Waals surface area contributed by atoms with Crippen molar-refractivity contribution >= 4 is 0 Å². The van der Waals surface area contributed by atoms with Crippen LogP contribution in [0.5, 0.6) is 5.75 Å². The van der Waals surface area contributed by atoms with Crippen molar-refractivity contribution in [1.82, 2.24) is 9.97 Å². The van der Waals surface area contributed by atoms with E-state index >= 15 is 0 Å². The normalized spacial score (nSPS) is 10.6. The van der Waals surface area contributed by atoms with Gasteiger partial charge in [0.2, 0.25) is 0 Å². The molecular weight excluding hydrogens is 308 g/mol. The molecule has 0 saturated heterocycles. The maximum atomic E-state index is 5.79. The third-order valence-electron chi connectivity index (χ3n) is 4.14. The van der Waals surface area contributed by atoms with Gasteiger partial charge in [0.1, 0.15) is 5.75 Å². The zero-order chi connectivity index (χ0) is 17.3. The molecule has 1 heterocycles. The minimum atomic E-state index is 0.747. The summed E-state index contributed by atoms with van der Waals surface area (Å²) in [6.45, 7) is 3.00. The average Bonchev–Trinajstić information content (AvgIpc) is 2.69. The predicted molar refractivity (Wildman–Crippen MR) is 103 cm³/mol. The SMILES string of the molecule is CCCCCCOc1ccc(-c2cnc(-c3ccccc3)nc2)cc1. The molecule has 0 radical (unpaired) electrons. The molecule has 0 aliphatic rings. The quantitative estimate of drug-likeness (QED) is 0.491.